The van der Waals surface area contributed by atoms with E-state index in [1.807, 2.05) is 0 Å². The molecule has 0 aromatic carbocycles. The lowest BCUT2D eigenvalue weighted by Gasteiger charge is -2.78. The predicted molar refractivity (Wildman–Crippen MR) is 118 cm³/mol. The smallest absolute Gasteiger partial charge is 0.349 e. The molecular formula is C23H39ClO3Si. The van der Waals surface area contributed by atoms with Gasteiger partial charge in [-0.3, -0.25) is 0 Å². The molecule has 3 unspecified atom stereocenters. The molecule has 0 radical (unpaired) electrons. The molecule has 4 bridgehead atoms. The first-order valence-corrected chi connectivity index (χ1v) is 13.3. The molecule has 0 N–H and O–H groups in total. The average molecular weight is 427 g/mol. The molecule has 3 atom stereocenters. The number of hydrogen-bond donors (Lipinski definition) is 0. The van der Waals surface area contributed by atoms with Crippen LogP contribution in [0.25, 0.3) is 0 Å². The first kappa shape index (κ1) is 22.4. The summed E-state index contributed by atoms with van der Waals surface area (Å²) in [7, 11) is -0.579. The fraction of sp³-hybridized carbons (Fsp3) is 0.870. The fourth-order valence-corrected chi connectivity index (χ4v) is 8.51. The zero-order valence-electron chi connectivity index (χ0n) is 18.9. The Labute approximate surface area is 178 Å². The number of carbonyl (C=O) groups is 1. The van der Waals surface area contributed by atoms with Gasteiger partial charge in [-0.15, -0.1) is 0 Å². The highest BCUT2D eigenvalue weighted by Crippen LogP contribution is 2.79. The molecule has 4 rings (SSSR count). The molecule has 4 saturated carbocycles. The standard InChI is InChI=1S/C23H39ClO3Si/c1-15(24)18(25)27-22-12-16-9-17(13-22)11-21(10-16,19(2,3)4)23(22,14-26-28-8)20(5,6)7/h16-17H,1,9-14,28H2,2-8H3. The van der Waals surface area contributed by atoms with Crippen LogP contribution in [-0.2, 0) is 14.0 Å². The number of ether oxygens (including phenoxy) is 1. The maximum absolute atomic E-state index is 12.8. The van der Waals surface area contributed by atoms with Crippen molar-refractivity contribution in [1.82, 2.24) is 0 Å². The van der Waals surface area contributed by atoms with E-state index in [1.165, 1.54) is 19.3 Å². The summed E-state index contributed by atoms with van der Waals surface area (Å²) in [6.45, 7) is 20.7. The SMILES string of the molecule is C=C(Cl)C(=O)OC12CC3CC(C1)CC(C(C)(C)C)(C3)C2(CO[SiH2]C)C(C)(C)C. The third-order valence-electron chi connectivity index (χ3n) is 8.52. The van der Waals surface area contributed by atoms with Gasteiger partial charge in [0.1, 0.15) is 10.6 Å². The predicted octanol–water partition coefficient (Wildman–Crippen LogP) is 5.46. The molecule has 4 aliphatic rings. The van der Waals surface area contributed by atoms with Crippen LogP contribution in [0.15, 0.2) is 11.6 Å². The van der Waals surface area contributed by atoms with Gasteiger partial charge in [0.15, 0.2) is 9.76 Å². The van der Waals surface area contributed by atoms with Gasteiger partial charge < -0.3 is 9.16 Å². The third kappa shape index (κ3) is 2.88. The Bertz CT molecular complexity index is 646. The van der Waals surface area contributed by atoms with Gasteiger partial charge in [-0.05, 0) is 60.2 Å². The molecule has 0 aliphatic heterocycles. The second-order valence-electron chi connectivity index (χ2n) is 11.7. The van der Waals surface area contributed by atoms with Gasteiger partial charge in [-0.1, -0.05) is 66.3 Å². The maximum Gasteiger partial charge on any atom is 0.349 e. The van der Waals surface area contributed by atoms with Gasteiger partial charge in [0, 0.05) is 12.0 Å². The Morgan fingerprint density at radius 3 is 2.00 bits per heavy atom. The van der Waals surface area contributed by atoms with Crippen LogP contribution in [0.2, 0.25) is 6.55 Å². The van der Waals surface area contributed by atoms with E-state index in [-0.39, 0.29) is 26.7 Å². The van der Waals surface area contributed by atoms with E-state index in [9.17, 15) is 4.79 Å². The topological polar surface area (TPSA) is 35.5 Å². The molecule has 0 aromatic heterocycles. The summed E-state index contributed by atoms with van der Waals surface area (Å²) in [6, 6.07) is 0. The molecular weight excluding hydrogens is 388 g/mol. The highest BCUT2D eigenvalue weighted by molar-refractivity contribution is 6.40. The summed E-state index contributed by atoms with van der Waals surface area (Å²) in [5.41, 5.74) is -0.692. The molecule has 0 spiro atoms. The van der Waals surface area contributed by atoms with Crippen LogP contribution in [0.1, 0.15) is 73.6 Å². The van der Waals surface area contributed by atoms with Crippen LogP contribution < -0.4 is 0 Å². The zero-order chi connectivity index (χ0) is 21.2. The monoisotopic (exact) mass is 426 g/mol. The summed E-state index contributed by atoms with van der Waals surface area (Å²) in [5.74, 6) is 0.768. The lowest BCUT2D eigenvalue weighted by molar-refractivity contribution is -0.341. The van der Waals surface area contributed by atoms with E-state index < -0.39 is 21.3 Å². The van der Waals surface area contributed by atoms with Gasteiger partial charge in [0.05, 0.1) is 0 Å². The molecule has 28 heavy (non-hydrogen) atoms. The number of hydrogen-bond acceptors (Lipinski definition) is 3. The molecule has 4 aliphatic carbocycles. The van der Waals surface area contributed by atoms with E-state index in [0.717, 1.165) is 12.8 Å². The van der Waals surface area contributed by atoms with Crippen molar-refractivity contribution in [1.29, 1.82) is 0 Å². The number of carbonyl (C=O) groups excluding carboxylic acids is 1. The highest BCUT2D eigenvalue weighted by atomic mass is 35.5. The molecule has 3 nitrogen and oxygen atoms in total. The molecule has 0 saturated heterocycles. The number of rotatable bonds is 5. The van der Waals surface area contributed by atoms with Crippen LogP contribution in [-0.4, -0.2) is 27.9 Å². The molecule has 0 aromatic rings. The summed E-state index contributed by atoms with van der Waals surface area (Å²) in [5, 5.41) is -0.0193. The molecule has 0 heterocycles. The average Bonchev–Trinajstić information content (AvgIpc) is 2.51. The first-order chi connectivity index (χ1) is 12.8. The van der Waals surface area contributed by atoms with E-state index in [4.69, 9.17) is 20.8 Å². The van der Waals surface area contributed by atoms with Gasteiger partial charge in [-0.2, -0.15) is 0 Å². The zero-order valence-corrected chi connectivity index (χ0v) is 21.1. The van der Waals surface area contributed by atoms with E-state index in [0.29, 0.717) is 18.4 Å². The Balaban J connectivity index is 2.28. The summed E-state index contributed by atoms with van der Waals surface area (Å²) in [4.78, 5) is 12.8. The van der Waals surface area contributed by atoms with Crippen molar-refractivity contribution in [2.75, 3.05) is 6.61 Å². The Kier molecular flexibility index (Phi) is 5.47. The Hall–Kier alpha value is -0.323. The number of esters is 1. The first-order valence-electron chi connectivity index (χ1n) is 10.9. The Morgan fingerprint density at radius 1 is 1.07 bits per heavy atom. The normalized spacial score (nSPS) is 40.3. The van der Waals surface area contributed by atoms with E-state index in [1.54, 1.807) is 0 Å². The van der Waals surface area contributed by atoms with Crippen molar-refractivity contribution < 1.29 is 14.0 Å². The lowest BCUT2D eigenvalue weighted by atomic mass is 9.28. The maximum atomic E-state index is 12.8. The van der Waals surface area contributed by atoms with Gasteiger partial charge in [0.2, 0.25) is 0 Å². The minimum absolute atomic E-state index is 0.0193. The largest absolute Gasteiger partial charge is 0.454 e. The van der Waals surface area contributed by atoms with Crippen LogP contribution in [0.3, 0.4) is 0 Å². The summed E-state index contributed by atoms with van der Waals surface area (Å²) < 4.78 is 12.8. The fourth-order valence-electron chi connectivity index (χ4n) is 7.97. The summed E-state index contributed by atoms with van der Waals surface area (Å²) >= 11 is 6.01. The Morgan fingerprint density at radius 2 is 1.61 bits per heavy atom. The van der Waals surface area contributed by atoms with E-state index in [2.05, 4.69) is 54.7 Å². The van der Waals surface area contributed by atoms with Crippen molar-refractivity contribution in [2.24, 2.45) is 33.5 Å². The van der Waals surface area contributed by atoms with Gasteiger partial charge >= 0.3 is 5.97 Å². The van der Waals surface area contributed by atoms with Crippen LogP contribution >= 0.6 is 11.6 Å². The minimum Gasteiger partial charge on any atom is -0.454 e. The molecule has 160 valence electrons. The van der Waals surface area contributed by atoms with Crippen molar-refractivity contribution in [3.05, 3.63) is 11.6 Å². The van der Waals surface area contributed by atoms with Crippen molar-refractivity contribution >= 4 is 27.3 Å². The van der Waals surface area contributed by atoms with Crippen LogP contribution in [0.4, 0.5) is 0 Å². The summed E-state index contributed by atoms with van der Waals surface area (Å²) in [6.07, 6.45) is 5.55. The van der Waals surface area contributed by atoms with Crippen LogP contribution in [0.5, 0.6) is 0 Å². The van der Waals surface area contributed by atoms with Crippen molar-refractivity contribution in [3.8, 4) is 0 Å². The van der Waals surface area contributed by atoms with Crippen molar-refractivity contribution in [3.63, 3.8) is 0 Å². The highest BCUT2D eigenvalue weighted by Gasteiger charge is 2.78. The minimum atomic E-state index is -0.579. The molecule has 5 heteroatoms. The van der Waals surface area contributed by atoms with Gasteiger partial charge in [-0.25, -0.2) is 4.79 Å². The third-order valence-corrected chi connectivity index (χ3v) is 9.29. The van der Waals surface area contributed by atoms with Crippen molar-refractivity contribution in [2.45, 2.75) is 85.8 Å². The molecule has 4 fully saturated rings. The second kappa shape index (κ2) is 6.85. The molecule has 0 amide bonds. The lowest BCUT2D eigenvalue weighted by Crippen LogP contribution is -2.78. The number of halogens is 1. The second-order valence-corrected chi connectivity index (χ2v) is 13.1. The van der Waals surface area contributed by atoms with Gasteiger partial charge in [0.25, 0.3) is 0 Å². The van der Waals surface area contributed by atoms with E-state index >= 15 is 0 Å². The van der Waals surface area contributed by atoms with Crippen LogP contribution in [0, 0.1) is 33.5 Å². The quantitative estimate of drug-likeness (QED) is 0.332.